The minimum absolute atomic E-state index is 0.181. The SMILES string of the molecule is CS(=O)(=O)CS(=O)(=O)NC1CCCC1C(N)=S. The Morgan fingerprint density at radius 3 is 2.41 bits per heavy atom. The highest BCUT2D eigenvalue weighted by Crippen LogP contribution is 2.26. The van der Waals surface area contributed by atoms with Gasteiger partial charge in [-0.25, -0.2) is 21.6 Å². The van der Waals surface area contributed by atoms with E-state index < -0.39 is 24.9 Å². The van der Waals surface area contributed by atoms with Crippen molar-refractivity contribution in [2.24, 2.45) is 11.7 Å². The van der Waals surface area contributed by atoms with Gasteiger partial charge in [0.05, 0.1) is 4.99 Å². The van der Waals surface area contributed by atoms with E-state index in [1.54, 1.807) is 0 Å². The molecule has 0 aromatic heterocycles. The highest BCUT2D eigenvalue weighted by Gasteiger charge is 2.33. The van der Waals surface area contributed by atoms with Gasteiger partial charge in [-0.1, -0.05) is 18.6 Å². The van der Waals surface area contributed by atoms with Gasteiger partial charge in [-0.3, -0.25) is 0 Å². The van der Waals surface area contributed by atoms with Crippen LogP contribution < -0.4 is 10.5 Å². The molecule has 0 aliphatic heterocycles. The van der Waals surface area contributed by atoms with E-state index in [0.29, 0.717) is 6.42 Å². The summed E-state index contributed by atoms with van der Waals surface area (Å²) < 4.78 is 47.5. The predicted molar refractivity (Wildman–Crippen MR) is 69.7 cm³/mol. The second kappa shape index (κ2) is 5.17. The summed E-state index contributed by atoms with van der Waals surface area (Å²) in [6.45, 7) is 0. The van der Waals surface area contributed by atoms with Crippen molar-refractivity contribution < 1.29 is 16.8 Å². The molecule has 17 heavy (non-hydrogen) atoms. The fourth-order valence-corrected chi connectivity index (χ4v) is 5.54. The molecular formula is C8H16N2O4S3. The van der Waals surface area contributed by atoms with Gasteiger partial charge in [0.25, 0.3) is 0 Å². The van der Waals surface area contributed by atoms with E-state index in [9.17, 15) is 16.8 Å². The van der Waals surface area contributed by atoms with Crippen molar-refractivity contribution in [2.45, 2.75) is 25.3 Å². The molecule has 1 saturated carbocycles. The molecule has 0 saturated heterocycles. The van der Waals surface area contributed by atoms with Crippen molar-refractivity contribution in [2.75, 3.05) is 11.3 Å². The van der Waals surface area contributed by atoms with E-state index in [1.165, 1.54) is 0 Å². The van der Waals surface area contributed by atoms with Crippen molar-refractivity contribution in [3.8, 4) is 0 Å². The van der Waals surface area contributed by atoms with Crippen LogP contribution in [0.3, 0.4) is 0 Å². The molecule has 0 heterocycles. The van der Waals surface area contributed by atoms with Crippen LogP contribution in [-0.2, 0) is 19.9 Å². The Balaban J connectivity index is 2.74. The first-order valence-electron chi connectivity index (χ1n) is 5.08. The highest BCUT2D eigenvalue weighted by atomic mass is 32.3. The van der Waals surface area contributed by atoms with E-state index in [4.69, 9.17) is 18.0 Å². The van der Waals surface area contributed by atoms with Gasteiger partial charge >= 0.3 is 0 Å². The predicted octanol–water partition coefficient (Wildman–Crippen LogP) is -0.637. The summed E-state index contributed by atoms with van der Waals surface area (Å²) in [5.74, 6) is -0.181. The lowest BCUT2D eigenvalue weighted by Crippen LogP contribution is -2.43. The zero-order chi connectivity index (χ0) is 13.3. The fraction of sp³-hybridized carbons (Fsp3) is 0.875. The molecular weight excluding hydrogens is 284 g/mol. The first kappa shape index (κ1) is 14.8. The van der Waals surface area contributed by atoms with Gasteiger partial charge in [0.2, 0.25) is 10.0 Å². The van der Waals surface area contributed by atoms with Crippen molar-refractivity contribution >= 4 is 37.1 Å². The van der Waals surface area contributed by atoms with Crippen molar-refractivity contribution in [3.63, 3.8) is 0 Å². The number of sulfone groups is 1. The molecule has 1 aliphatic carbocycles. The van der Waals surface area contributed by atoms with Gasteiger partial charge in [0, 0.05) is 18.2 Å². The average Bonchev–Trinajstić information content (AvgIpc) is 2.45. The molecule has 1 rings (SSSR count). The molecule has 6 nitrogen and oxygen atoms in total. The van der Waals surface area contributed by atoms with Crippen LogP contribution in [0.15, 0.2) is 0 Å². The van der Waals surface area contributed by atoms with Crippen LogP contribution in [-0.4, -0.2) is 39.2 Å². The van der Waals surface area contributed by atoms with Gasteiger partial charge in [0.15, 0.2) is 14.9 Å². The van der Waals surface area contributed by atoms with Crippen LogP contribution in [0, 0.1) is 5.92 Å². The van der Waals surface area contributed by atoms with Gasteiger partial charge in [0.1, 0.15) is 0 Å². The number of nitrogens with one attached hydrogen (secondary N) is 1. The molecule has 0 aromatic carbocycles. The third-order valence-electron chi connectivity index (χ3n) is 2.58. The largest absolute Gasteiger partial charge is 0.393 e. The fourth-order valence-electron chi connectivity index (χ4n) is 1.99. The molecule has 0 amide bonds. The molecule has 2 unspecified atom stereocenters. The number of nitrogens with two attached hydrogens (primary N) is 1. The summed E-state index contributed by atoms with van der Waals surface area (Å²) in [7, 11) is -7.42. The van der Waals surface area contributed by atoms with E-state index >= 15 is 0 Å². The number of sulfonamides is 1. The second-order valence-corrected chi connectivity index (χ2v) is 9.05. The lowest BCUT2D eigenvalue weighted by molar-refractivity contribution is 0.527. The Hall–Kier alpha value is -0.250. The lowest BCUT2D eigenvalue weighted by Gasteiger charge is -2.19. The Morgan fingerprint density at radius 1 is 1.35 bits per heavy atom. The Labute approximate surface area is 107 Å². The molecule has 9 heteroatoms. The van der Waals surface area contributed by atoms with Crippen molar-refractivity contribution in [3.05, 3.63) is 0 Å². The molecule has 1 fully saturated rings. The number of rotatable bonds is 5. The minimum Gasteiger partial charge on any atom is -0.393 e. The molecule has 0 spiro atoms. The molecule has 2 atom stereocenters. The Bertz CT molecular complexity index is 497. The average molecular weight is 300 g/mol. The second-order valence-electron chi connectivity index (χ2n) is 4.32. The zero-order valence-corrected chi connectivity index (χ0v) is 11.9. The van der Waals surface area contributed by atoms with Crippen LogP contribution in [0.1, 0.15) is 19.3 Å². The maximum absolute atomic E-state index is 11.6. The highest BCUT2D eigenvalue weighted by molar-refractivity contribution is 8.06. The Kier molecular flexibility index (Phi) is 4.50. The third kappa shape index (κ3) is 4.86. The molecule has 0 bridgehead atoms. The number of hydrogen-bond donors (Lipinski definition) is 2. The first-order chi connectivity index (χ1) is 7.61. The zero-order valence-electron chi connectivity index (χ0n) is 9.42. The van der Waals surface area contributed by atoms with E-state index in [-0.39, 0.29) is 16.9 Å². The summed E-state index contributed by atoms with van der Waals surface area (Å²) in [5.41, 5.74) is 5.51. The smallest absolute Gasteiger partial charge is 0.226 e. The van der Waals surface area contributed by atoms with Crippen LogP contribution in [0.25, 0.3) is 0 Å². The van der Waals surface area contributed by atoms with Gasteiger partial charge in [-0.2, -0.15) is 0 Å². The lowest BCUT2D eigenvalue weighted by atomic mass is 10.1. The van der Waals surface area contributed by atoms with E-state index in [2.05, 4.69) is 4.72 Å². The van der Waals surface area contributed by atoms with Crippen LogP contribution in [0.4, 0.5) is 0 Å². The molecule has 100 valence electrons. The molecule has 1 aliphatic rings. The van der Waals surface area contributed by atoms with Gasteiger partial charge < -0.3 is 5.73 Å². The quantitative estimate of drug-likeness (QED) is 0.654. The molecule has 0 aromatic rings. The minimum atomic E-state index is -3.84. The summed E-state index contributed by atoms with van der Waals surface area (Å²) in [6.07, 6.45) is 3.08. The topological polar surface area (TPSA) is 106 Å². The van der Waals surface area contributed by atoms with E-state index in [0.717, 1.165) is 19.1 Å². The van der Waals surface area contributed by atoms with Crippen molar-refractivity contribution in [1.82, 2.24) is 4.72 Å². The van der Waals surface area contributed by atoms with Gasteiger partial charge in [-0.05, 0) is 12.8 Å². The Morgan fingerprint density at radius 2 is 1.94 bits per heavy atom. The monoisotopic (exact) mass is 300 g/mol. The van der Waals surface area contributed by atoms with Crippen molar-refractivity contribution in [1.29, 1.82) is 0 Å². The summed E-state index contributed by atoms with van der Waals surface area (Å²) in [5, 5.41) is -0.902. The molecule has 3 N–H and O–H groups in total. The van der Waals surface area contributed by atoms with Crippen LogP contribution in [0.5, 0.6) is 0 Å². The summed E-state index contributed by atoms with van der Waals surface area (Å²) in [6, 6.07) is -0.376. The summed E-state index contributed by atoms with van der Waals surface area (Å²) in [4.78, 5) is 0.273. The van der Waals surface area contributed by atoms with Crippen LogP contribution in [0.2, 0.25) is 0 Å². The van der Waals surface area contributed by atoms with Gasteiger partial charge in [-0.15, -0.1) is 0 Å². The summed E-state index contributed by atoms with van der Waals surface area (Å²) >= 11 is 4.86. The maximum atomic E-state index is 11.6. The van der Waals surface area contributed by atoms with E-state index in [1.807, 2.05) is 0 Å². The standard InChI is InChI=1S/C8H16N2O4S3/c1-16(11,12)5-17(13,14)10-7-4-2-3-6(7)8(9)15/h6-7,10H,2-5H2,1H3,(H2,9,15). The third-order valence-corrected chi connectivity index (χ3v) is 6.50. The number of hydrogen-bond acceptors (Lipinski definition) is 5. The molecule has 0 radical (unpaired) electrons. The van der Waals surface area contributed by atoms with Crippen LogP contribution >= 0.6 is 12.2 Å². The number of thiocarbonyl (C=S) groups is 1. The normalized spacial score (nSPS) is 25.9. The first-order valence-corrected chi connectivity index (χ1v) is 9.20. The maximum Gasteiger partial charge on any atom is 0.226 e.